The molecule has 1 fully saturated rings. The normalized spacial score (nSPS) is 19.7. The summed E-state index contributed by atoms with van der Waals surface area (Å²) < 4.78 is 0. The first-order valence-electron chi connectivity index (χ1n) is 6.46. The van der Waals surface area contributed by atoms with Crippen molar-refractivity contribution < 1.29 is 9.90 Å². The van der Waals surface area contributed by atoms with Gasteiger partial charge < -0.3 is 5.11 Å². The Balaban J connectivity index is 2.21. The first-order valence-corrected chi connectivity index (χ1v) is 6.46. The minimum Gasteiger partial charge on any atom is -0.477 e. The molecule has 18 heavy (non-hydrogen) atoms. The molecule has 0 saturated heterocycles. The molecule has 1 saturated carbocycles. The fourth-order valence-corrected chi connectivity index (χ4v) is 2.54. The second-order valence-electron chi connectivity index (χ2n) is 6.00. The average Bonchev–Trinajstić information content (AvgIpc) is 2.28. The van der Waals surface area contributed by atoms with Crippen LogP contribution >= 0.6 is 0 Å². The lowest BCUT2D eigenvalue weighted by molar-refractivity contribution is 0.0689. The minimum atomic E-state index is -0.974. The summed E-state index contributed by atoms with van der Waals surface area (Å²) in [7, 11) is 0. The molecule has 0 aromatic carbocycles. The number of carboxylic acids is 1. The van der Waals surface area contributed by atoms with Crippen LogP contribution in [0.4, 0.5) is 0 Å². The number of aromatic carboxylic acids is 1. The topological polar surface area (TPSA) is 63.1 Å². The third kappa shape index (κ3) is 2.86. The Bertz CT molecular complexity index is 459. The summed E-state index contributed by atoms with van der Waals surface area (Å²) in [6.07, 6.45) is 4.40. The van der Waals surface area contributed by atoms with E-state index in [1.54, 1.807) is 0 Å². The number of aryl methyl sites for hydroxylation is 1. The Morgan fingerprint density at radius 1 is 1.33 bits per heavy atom. The Hall–Kier alpha value is -1.45. The number of aromatic nitrogens is 2. The molecule has 1 aliphatic carbocycles. The summed E-state index contributed by atoms with van der Waals surface area (Å²) >= 11 is 0. The predicted octanol–water partition coefficient (Wildman–Crippen LogP) is 3.17. The monoisotopic (exact) mass is 248 g/mol. The van der Waals surface area contributed by atoms with Crippen LogP contribution in [0.5, 0.6) is 0 Å². The van der Waals surface area contributed by atoms with Crippen molar-refractivity contribution in [2.24, 2.45) is 5.41 Å². The number of carbonyl (C=O) groups is 1. The highest BCUT2D eigenvalue weighted by Gasteiger charge is 2.29. The molecule has 0 bridgehead atoms. The lowest BCUT2D eigenvalue weighted by Gasteiger charge is -2.33. The highest BCUT2D eigenvalue weighted by atomic mass is 16.4. The van der Waals surface area contributed by atoms with Crippen LogP contribution in [-0.2, 0) is 0 Å². The molecule has 0 aliphatic heterocycles. The van der Waals surface area contributed by atoms with Gasteiger partial charge in [-0.2, -0.15) is 0 Å². The molecule has 0 amide bonds. The van der Waals surface area contributed by atoms with E-state index in [9.17, 15) is 4.79 Å². The number of hydrogen-bond donors (Lipinski definition) is 1. The highest BCUT2D eigenvalue weighted by molar-refractivity contribution is 5.85. The van der Waals surface area contributed by atoms with Gasteiger partial charge in [0, 0.05) is 11.6 Å². The molecule has 4 heteroatoms. The van der Waals surface area contributed by atoms with Gasteiger partial charge in [-0.25, -0.2) is 14.8 Å². The molecule has 0 radical (unpaired) electrons. The van der Waals surface area contributed by atoms with Crippen LogP contribution in [0.2, 0.25) is 0 Å². The van der Waals surface area contributed by atoms with E-state index in [1.165, 1.54) is 6.07 Å². The average molecular weight is 248 g/mol. The van der Waals surface area contributed by atoms with Gasteiger partial charge >= 0.3 is 5.97 Å². The van der Waals surface area contributed by atoms with Crippen LogP contribution in [0.3, 0.4) is 0 Å². The van der Waals surface area contributed by atoms with Gasteiger partial charge in [-0.15, -0.1) is 0 Å². The molecule has 98 valence electrons. The van der Waals surface area contributed by atoms with E-state index >= 15 is 0 Å². The summed E-state index contributed by atoms with van der Waals surface area (Å²) in [5.41, 5.74) is 1.25. The molecule has 2 rings (SSSR count). The van der Waals surface area contributed by atoms with Crippen LogP contribution in [0.25, 0.3) is 0 Å². The van der Waals surface area contributed by atoms with Crippen LogP contribution in [0, 0.1) is 12.3 Å². The molecular weight excluding hydrogens is 228 g/mol. The third-order valence-corrected chi connectivity index (χ3v) is 3.79. The zero-order chi connectivity index (χ0) is 13.3. The predicted molar refractivity (Wildman–Crippen MR) is 68.7 cm³/mol. The first-order chi connectivity index (χ1) is 8.37. The molecule has 0 atom stereocenters. The number of rotatable bonds is 2. The lowest BCUT2D eigenvalue weighted by atomic mass is 9.73. The summed E-state index contributed by atoms with van der Waals surface area (Å²) in [6.45, 7) is 6.39. The van der Waals surface area contributed by atoms with Gasteiger partial charge in [-0.1, -0.05) is 13.8 Å². The van der Waals surface area contributed by atoms with E-state index in [4.69, 9.17) is 5.11 Å². The second-order valence-corrected chi connectivity index (χ2v) is 6.00. The van der Waals surface area contributed by atoms with Crippen LogP contribution < -0.4 is 0 Å². The molecule has 4 nitrogen and oxygen atoms in total. The number of carboxylic acid groups (broad SMARTS) is 1. The fraction of sp³-hybridized carbons (Fsp3) is 0.643. The molecule has 1 aromatic rings. The Kier molecular flexibility index (Phi) is 3.37. The largest absolute Gasteiger partial charge is 0.477 e. The van der Waals surface area contributed by atoms with Crippen molar-refractivity contribution in [1.82, 2.24) is 9.97 Å². The maximum atomic E-state index is 11.0. The zero-order valence-corrected chi connectivity index (χ0v) is 11.2. The zero-order valence-electron chi connectivity index (χ0n) is 11.2. The van der Waals surface area contributed by atoms with E-state index in [1.807, 2.05) is 6.92 Å². The van der Waals surface area contributed by atoms with Gasteiger partial charge in [0.2, 0.25) is 0 Å². The van der Waals surface area contributed by atoms with Gasteiger partial charge in [0.1, 0.15) is 5.82 Å². The van der Waals surface area contributed by atoms with E-state index in [2.05, 4.69) is 23.8 Å². The van der Waals surface area contributed by atoms with Crippen molar-refractivity contribution in [1.29, 1.82) is 0 Å². The molecule has 1 aromatic heterocycles. The molecule has 1 heterocycles. The van der Waals surface area contributed by atoms with E-state index < -0.39 is 5.97 Å². The maximum absolute atomic E-state index is 11.0. The lowest BCUT2D eigenvalue weighted by Crippen LogP contribution is -2.22. The minimum absolute atomic E-state index is 0.113. The summed E-state index contributed by atoms with van der Waals surface area (Å²) in [5, 5.41) is 9.02. The second kappa shape index (κ2) is 4.67. The van der Waals surface area contributed by atoms with Crippen molar-refractivity contribution in [3.05, 3.63) is 23.3 Å². The Morgan fingerprint density at radius 3 is 2.50 bits per heavy atom. The standard InChI is InChI=1S/C14H20N2O2/c1-9-8-11(13(17)18)16-12(15-9)10-4-6-14(2,3)7-5-10/h8,10H,4-7H2,1-3H3,(H,17,18). The summed E-state index contributed by atoms with van der Waals surface area (Å²) in [6, 6.07) is 1.53. The molecule has 0 unspecified atom stereocenters. The molecular formula is C14H20N2O2. The third-order valence-electron chi connectivity index (χ3n) is 3.79. The fourth-order valence-electron chi connectivity index (χ4n) is 2.54. The Labute approximate surface area is 107 Å². The molecule has 0 spiro atoms. The Morgan fingerprint density at radius 2 is 1.94 bits per heavy atom. The highest BCUT2D eigenvalue weighted by Crippen LogP contribution is 2.41. The number of nitrogens with zero attached hydrogens (tertiary/aromatic N) is 2. The SMILES string of the molecule is Cc1cc(C(=O)O)nc(C2CCC(C)(C)CC2)n1. The van der Waals surface area contributed by atoms with Crippen LogP contribution in [0.15, 0.2) is 6.07 Å². The van der Waals surface area contributed by atoms with Gasteiger partial charge in [-0.05, 0) is 44.1 Å². The van der Waals surface area contributed by atoms with Gasteiger partial charge in [0.05, 0.1) is 0 Å². The van der Waals surface area contributed by atoms with Crippen molar-refractivity contribution in [3.8, 4) is 0 Å². The smallest absolute Gasteiger partial charge is 0.354 e. The van der Waals surface area contributed by atoms with Crippen molar-refractivity contribution in [2.45, 2.75) is 52.4 Å². The van der Waals surface area contributed by atoms with Crippen LogP contribution in [0.1, 0.15) is 67.5 Å². The molecule has 1 aliphatic rings. The molecule has 1 N–H and O–H groups in total. The van der Waals surface area contributed by atoms with Gasteiger partial charge in [0.15, 0.2) is 5.69 Å². The van der Waals surface area contributed by atoms with Crippen molar-refractivity contribution in [3.63, 3.8) is 0 Å². The first kappa shape index (κ1) is 13.0. The van der Waals surface area contributed by atoms with Crippen LogP contribution in [-0.4, -0.2) is 21.0 Å². The van der Waals surface area contributed by atoms with E-state index in [-0.39, 0.29) is 5.69 Å². The van der Waals surface area contributed by atoms with Gasteiger partial charge in [-0.3, -0.25) is 0 Å². The van der Waals surface area contributed by atoms with E-state index in [0.29, 0.717) is 17.2 Å². The maximum Gasteiger partial charge on any atom is 0.354 e. The quantitative estimate of drug-likeness (QED) is 0.873. The van der Waals surface area contributed by atoms with E-state index in [0.717, 1.165) is 31.4 Å². The summed E-state index contributed by atoms with van der Waals surface area (Å²) in [4.78, 5) is 19.6. The van der Waals surface area contributed by atoms with Crippen molar-refractivity contribution >= 4 is 5.97 Å². The van der Waals surface area contributed by atoms with Crippen molar-refractivity contribution in [2.75, 3.05) is 0 Å². The summed E-state index contributed by atoms with van der Waals surface area (Å²) in [5.74, 6) is 0.0526. The number of hydrogen-bond acceptors (Lipinski definition) is 3. The van der Waals surface area contributed by atoms with Gasteiger partial charge in [0.25, 0.3) is 0 Å².